The zero-order valence-corrected chi connectivity index (χ0v) is 15.0. The lowest BCUT2D eigenvalue weighted by Crippen LogP contribution is -2.53. The Morgan fingerprint density at radius 3 is 2.46 bits per heavy atom. The summed E-state index contributed by atoms with van der Waals surface area (Å²) in [7, 11) is 3.17. The van der Waals surface area contributed by atoms with E-state index in [2.05, 4.69) is 13.0 Å². The van der Waals surface area contributed by atoms with Gasteiger partial charge in [0.25, 0.3) is 0 Å². The van der Waals surface area contributed by atoms with Crippen molar-refractivity contribution in [3.8, 4) is 11.5 Å². The summed E-state index contributed by atoms with van der Waals surface area (Å²) in [5, 5.41) is 22.7. The van der Waals surface area contributed by atoms with Crippen LogP contribution in [0.15, 0.2) is 29.4 Å². The number of hydrogen-bond donors (Lipinski definition) is 2. The Bertz CT molecular complexity index is 729. The Balaban J connectivity index is 2.33. The molecule has 2 aliphatic rings. The Kier molecular flexibility index (Phi) is 4.01. The van der Waals surface area contributed by atoms with Crippen molar-refractivity contribution in [1.82, 2.24) is 0 Å². The molecule has 0 unspecified atom stereocenters. The first-order valence-corrected chi connectivity index (χ1v) is 8.31. The number of aliphatic hydroxyl groups is 2. The van der Waals surface area contributed by atoms with Crippen LogP contribution in [0.2, 0.25) is 0 Å². The number of allylic oxidation sites excluding steroid dienone is 2. The monoisotopic (exact) mass is 330 g/mol. The summed E-state index contributed by atoms with van der Waals surface area (Å²) in [6.07, 6.45) is 4.29. The van der Waals surface area contributed by atoms with Gasteiger partial charge in [-0.05, 0) is 37.0 Å². The fourth-order valence-corrected chi connectivity index (χ4v) is 4.16. The highest BCUT2D eigenvalue weighted by atomic mass is 16.5. The smallest absolute Gasteiger partial charge is 0.130 e. The summed E-state index contributed by atoms with van der Waals surface area (Å²) >= 11 is 0. The maximum atomic E-state index is 11.5. The molecule has 130 valence electrons. The molecule has 0 spiro atoms. The van der Waals surface area contributed by atoms with Crippen molar-refractivity contribution in [2.45, 2.75) is 45.3 Å². The number of aliphatic hydroxyl groups excluding tert-OH is 1. The summed E-state index contributed by atoms with van der Waals surface area (Å²) in [5.41, 5.74) is 1.95. The molecule has 2 bridgehead atoms. The van der Waals surface area contributed by atoms with Crippen LogP contribution < -0.4 is 9.47 Å². The molecular weight excluding hydrogens is 304 g/mol. The normalized spacial score (nSPS) is 29.4. The molecule has 0 saturated heterocycles. The van der Waals surface area contributed by atoms with Gasteiger partial charge in [-0.25, -0.2) is 0 Å². The van der Waals surface area contributed by atoms with Crippen LogP contribution in [-0.4, -0.2) is 30.0 Å². The van der Waals surface area contributed by atoms with Crippen molar-refractivity contribution in [2.24, 2.45) is 5.41 Å². The molecule has 0 radical (unpaired) electrons. The van der Waals surface area contributed by atoms with Crippen LogP contribution in [0.1, 0.15) is 50.8 Å². The topological polar surface area (TPSA) is 58.9 Å². The summed E-state index contributed by atoms with van der Waals surface area (Å²) in [5.74, 6) is 1.22. The van der Waals surface area contributed by atoms with Gasteiger partial charge >= 0.3 is 0 Å². The van der Waals surface area contributed by atoms with Crippen LogP contribution in [0, 0.1) is 5.41 Å². The third-order valence-corrected chi connectivity index (χ3v) is 5.86. The number of benzene rings is 1. The molecule has 3 rings (SSSR count). The van der Waals surface area contributed by atoms with Gasteiger partial charge in [0.15, 0.2) is 0 Å². The van der Waals surface area contributed by atoms with E-state index in [0.717, 1.165) is 17.6 Å². The largest absolute Gasteiger partial charge is 0.497 e. The van der Waals surface area contributed by atoms with Gasteiger partial charge in [0.2, 0.25) is 0 Å². The SMILES string of the molecule is COc1cc(OC)c2c(c1)[C@H](O)[C@]1(O)CCC(C)=C(/C=C\2)C1(C)C. The Labute approximate surface area is 143 Å². The third-order valence-electron chi connectivity index (χ3n) is 5.86. The Hall–Kier alpha value is -1.78. The maximum absolute atomic E-state index is 11.5. The Morgan fingerprint density at radius 2 is 1.83 bits per heavy atom. The second-order valence-electron chi connectivity index (χ2n) is 7.31. The first-order chi connectivity index (χ1) is 11.3. The number of ether oxygens (including phenoxy) is 2. The van der Waals surface area contributed by atoms with Crippen LogP contribution in [0.5, 0.6) is 11.5 Å². The van der Waals surface area contributed by atoms with Crippen molar-refractivity contribution >= 4 is 6.08 Å². The number of hydrogen-bond acceptors (Lipinski definition) is 4. The highest BCUT2D eigenvalue weighted by molar-refractivity contribution is 5.68. The average molecular weight is 330 g/mol. The number of fused-ring (bicyclic) bond motifs is 3. The van der Waals surface area contributed by atoms with Crippen molar-refractivity contribution < 1.29 is 19.7 Å². The van der Waals surface area contributed by atoms with E-state index in [4.69, 9.17) is 9.47 Å². The van der Waals surface area contributed by atoms with E-state index in [1.807, 2.05) is 19.9 Å². The van der Waals surface area contributed by atoms with Gasteiger partial charge < -0.3 is 19.7 Å². The Morgan fingerprint density at radius 1 is 1.12 bits per heavy atom. The number of rotatable bonds is 2. The van der Waals surface area contributed by atoms with Crippen LogP contribution in [0.3, 0.4) is 0 Å². The third kappa shape index (κ3) is 2.20. The first kappa shape index (κ1) is 17.1. The van der Waals surface area contributed by atoms with Crippen LogP contribution >= 0.6 is 0 Å². The van der Waals surface area contributed by atoms with Crippen molar-refractivity contribution in [1.29, 1.82) is 0 Å². The molecular formula is C20H26O4. The molecule has 4 nitrogen and oxygen atoms in total. The highest BCUT2D eigenvalue weighted by Gasteiger charge is 2.54. The lowest BCUT2D eigenvalue weighted by atomic mass is 9.58. The van der Waals surface area contributed by atoms with Gasteiger partial charge in [0.1, 0.15) is 23.2 Å². The molecule has 2 atom stereocenters. The minimum Gasteiger partial charge on any atom is -0.497 e. The molecule has 2 aliphatic carbocycles. The molecule has 1 aromatic carbocycles. The zero-order valence-electron chi connectivity index (χ0n) is 15.0. The summed E-state index contributed by atoms with van der Waals surface area (Å²) in [6.45, 7) is 6.10. The molecule has 2 N–H and O–H groups in total. The quantitative estimate of drug-likeness (QED) is 0.869. The van der Waals surface area contributed by atoms with Gasteiger partial charge in [0, 0.05) is 17.0 Å². The second-order valence-corrected chi connectivity index (χ2v) is 7.31. The average Bonchev–Trinajstić information content (AvgIpc) is 2.56. The molecule has 0 heterocycles. The van der Waals surface area contributed by atoms with Crippen molar-refractivity contribution in [3.05, 3.63) is 40.5 Å². The fourth-order valence-electron chi connectivity index (χ4n) is 4.16. The van der Waals surface area contributed by atoms with Crippen LogP contribution in [-0.2, 0) is 0 Å². The van der Waals surface area contributed by atoms with E-state index in [9.17, 15) is 10.2 Å². The van der Waals surface area contributed by atoms with E-state index in [1.54, 1.807) is 26.4 Å². The van der Waals surface area contributed by atoms with E-state index < -0.39 is 17.1 Å². The lowest BCUT2D eigenvalue weighted by molar-refractivity contribution is -0.146. The van der Waals surface area contributed by atoms with Gasteiger partial charge in [-0.3, -0.25) is 0 Å². The summed E-state index contributed by atoms with van der Waals surface area (Å²) in [6, 6.07) is 3.58. The molecule has 0 aromatic heterocycles. The minimum absolute atomic E-state index is 0.517. The molecule has 0 fully saturated rings. The summed E-state index contributed by atoms with van der Waals surface area (Å²) in [4.78, 5) is 0. The van der Waals surface area contributed by atoms with E-state index >= 15 is 0 Å². The zero-order chi connectivity index (χ0) is 17.7. The molecule has 24 heavy (non-hydrogen) atoms. The molecule has 0 saturated carbocycles. The second kappa shape index (κ2) is 5.64. The van der Waals surface area contributed by atoms with Gasteiger partial charge in [0.05, 0.1) is 14.2 Å². The van der Waals surface area contributed by atoms with Crippen molar-refractivity contribution in [2.75, 3.05) is 14.2 Å². The van der Waals surface area contributed by atoms with Gasteiger partial charge in [-0.1, -0.05) is 31.6 Å². The van der Waals surface area contributed by atoms with E-state index in [1.165, 1.54) is 5.57 Å². The lowest BCUT2D eigenvalue weighted by Gasteiger charge is -2.51. The van der Waals surface area contributed by atoms with Gasteiger partial charge in [-0.15, -0.1) is 0 Å². The summed E-state index contributed by atoms with van der Waals surface area (Å²) < 4.78 is 10.8. The van der Waals surface area contributed by atoms with E-state index in [0.29, 0.717) is 23.5 Å². The molecule has 1 aromatic rings. The minimum atomic E-state index is -1.25. The van der Waals surface area contributed by atoms with Crippen LogP contribution in [0.25, 0.3) is 6.08 Å². The fraction of sp³-hybridized carbons (Fsp3) is 0.500. The van der Waals surface area contributed by atoms with Crippen LogP contribution in [0.4, 0.5) is 0 Å². The predicted octanol–water partition coefficient (Wildman–Crippen LogP) is 3.63. The predicted molar refractivity (Wildman–Crippen MR) is 94.2 cm³/mol. The maximum Gasteiger partial charge on any atom is 0.130 e. The number of methoxy groups -OCH3 is 2. The van der Waals surface area contributed by atoms with Gasteiger partial charge in [-0.2, -0.15) is 0 Å². The molecule has 0 amide bonds. The van der Waals surface area contributed by atoms with E-state index in [-0.39, 0.29) is 0 Å². The van der Waals surface area contributed by atoms with Crippen molar-refractivity contribution in [3.63, 3.8) is 0 Å². The highest BCUT2D eigenvalue weighted by Crippen LogP contribution is 2.55. The first-order valence-electron chi connectivity index (χ1n) is 8.31. The standard InChI is InChI=1S/C20H26O4/c1-12-8-9-20(22)18(21)15-10-13(23-4)11-17(24-5)14(15)6-7-16(12)19(20,2)3/h6-7,10-11,18,21-22H,8-9H2,1-5H3/b7-6-/t18-,20+/m0/s1. The molecule has 4 heteroatoms. The molecule has 0 aliphatic heterocycles.